The highest BCUT2D eigenvalue weighted by molar-refractivity contribution is 5.92. The predicted octanol–water partition coefficient (Wildman–Crippen LogP) is 1.74. The van der Waals surface area contributed by atoms with Gasteiger partial charge in [-0.25, -0.2) is 4.98 Å². The first-order valence-electron chi connectivity index (χ1n) is 6.76. The number of rotatable bonds is 9. The second kappa shape index (κ2) is 9.39. The highest BCUT2D eigenvalue weighted by Gasteiger charge is 2.17. The van der Waals surface area contributed by atoms with E-state index in [2.05, 4.69) is 4.98 Å². The Morgan fingerprint density at radius 3 is 2.30 bits per heavy atom. The Kier molecular flexibility index (Phi) is 7.75. The van der Waals surface area contributed by atoms with E-state index in [1.54, 1.807) is 4.90 Å². The van der Waals surface area contributed by atoms with Crippen molar-refractivity contribution in [3.8, 4) is 0 Å². The first kappa shape index (κ1) is 16.5. The molecule has 0 aliphatic heterocycles. The molecule has 0 bridgehead atoms. The maximum Gasteiger partial charge on any atom is 0.272 e. The highest BCUT2D eigenvalue weighted by atomic mass is 19.1. The Morgan fingerprint density at radius 1 is 1.20 bits per heavy atom. The lowest BCUT2D eigenvalue weighted by atomic mass is 10.3. The number of halogens is 1. The zero-order valence-corrected chi connectivity index (χ0v) is 12.0. The molecule has 1 heterocycles. The van der Waals surface area contributed by atoms with Crippen LogP contribution in [0.3, 0.4) is 0 Å². The number of carbonyl (C=O) groups excluding carboxylic acids is 1. The summed E-state index contributed by atoms with van der Waals surface area (Å²) < 4.78 is 23.6. The van der Waals surface area contributed by atoms with Crippen molar-refractivity contribution in [3.63, 3.8) is 0 Å². The van der Waals surface area contributed by atoms with Crippen LogP contribution in [-0.2, 0) is 9.47 Å². The van der Waals surface area contributed by atoms with Crippen LogP contribution in [0.25, 0.3) is 0 Å². The number of ether oxygens (including phenoxy) is 2. The van der Waals surface area contributed by atoms with Gasteiger partial charge in [0.15, 0.2) is 0 Å². The zero-order valence-electron chi connectivity index (χ0n) is 12.0. The number of carbonyl (C=O) groups is 1. The summed E-state index contributed by atoms with van der Waals surface area (Å²) in [6.07, 6.45) is 0. The summed E-state index contributed by atoms with van der Waals surface area (Å²) in [4.78, 5) is 17.4. The van der Waals surface area contributed by atoms with Gasteiger partial charge in [-0.1, -0.05) is 6.07 Å². The molecule has 0 fully saturated rings. The summed E-state index contributed by atoms with van der Waals surface area (Å²) in [5.74, 6) is -0.977. The maximum absolute atomic E-state index is 13.1. The van der Waals surface area contributed by atoms with Crippen molar-refractivity contribution in [1.29, 1.82) is 0 Å². The predicted molar refractivity (Wildman–Crippen MR) is 73.1 cm³/mol. The molecule has 0 radical (unpaired) electrons. The summed E-state index contributed by atoms with van der Waals surface area (Å²) >= 11 is 0. The molecule has 20 heavy (non-hydrogen) atoms. The van der Waals surface area contributed by atoms with E-state index >= 15 is 0 Å². The van der Waals surface area contributed by atoms with Crippen molar-refractivity contribution in [3.05, 3.63) is 29.8 Å². The number of nitrogens with zero attached hydrogens (tertiary/aromatic N) is 2. The van der Waals surface area contributed by atoms with E-state index in [1.807, 2.05) is 13.8 Å². The molecule has 0 saturated carbocycles. The Morgan fingerprint density at radius 2 is 1.80 bits per heavy atom. The second-order valence-corrected chi connectivity index (χ2v) is 4.03. The van der Waals surface area contributed by atoms with Crippen LogP contribution in [0, 0.1) is 5.95 Å². The van der Waals surface area contributed by atoms with Crippen molar-refractivity contribution < 1.29 is 18.7 Å². The van der Waals surface area contributed by atoms with Crippen molar-refractivity contribution in [2.75, 3.05) is 39.5 Å². The largest absolute Gasteiger partial charge is 0.380 e. The maximum atomic E-state index is 13.1. The first-order chi connectivity index (χ1) is 9.69. The molecule has 0 atom stereocenters. The molecule has 0 unspecified atom stereocenters. The number of aromatic nitrogens is 1. The molecule has 0 aliphatic carbocycles. The van der Waals surface area contributed by atoms with Crippen LogP contribution >= 0.6 is 0 Å². The van der Waals surface area contributed by atoms with Crippen LogP contribution in [-0.4, -0.2) is 55.3 Å². The second-order valence-electron chi connectivity index (χ2n) is 4.03. The molecule has 5 nitrogen and oxygen atoms in total. The van der Waals surface area contributed by atoms with Gasteiger partial charge >= 0.3 is 0 Å². The van der Waals surface area contributed by atoms with Gasteiger partial charge in [-0.15, -0.1) is 0 Å². The molecule has 0 aliphatic rings. The molecule has 1 aromatic heterocycles. The lowest BCUT2D eigenvalue weighted by molar-refractivity contribution is 0.0544. The molecule has 0 spiro atoms. The third-order valence-electron chi connectivity index (χ3n) is 2.64. The van der Waals surface area contributed by atoms with Gasteiger partial charge in [0, 0.05) is 26.3 Å². The smallest absolute Gasteiger partial charge is 0.272 e. The van der Waals surface area contributed by atoms with Crippen LogP contribution in [0.2, 0.25) is 0 Å². The zero-order chi connectivity index (χ0) is 14.8. The average molecular weight is 284 g/mol. The monoisotopic (exact) mass is 284 g/mol. The van der Waals surface area contributed by atoms with Gasteiger partial charge in [-0.2, -0.15) is 4.39 Å². The number of pyridine rings is 1. The summed E-state index contributed by atoms with van der Waals surface area (Å²) in [5, 5.41) is 0. The van der Waals surface area contributed by atoms with E-state index < -0.39 is 5.95 Å². The molecular weight excluding hydrogens is 263 g/mol. The standard InChI is InChI=1S/C14H21FN2O3/c1-3-19-10-8-17(9-11-20-4-2)14(18)12-6-5-7-13(15)16-12/h5-7H,3-4,8-11H2,1-2H3. The third-order valence-corrected chi connectivity index (χ3v) is 2.64. The quantitative estimate of drug-likeness (QED) is 0.512. The minimum atomic E-state index is -0.662. The van der Waals surface area contributed by atoms with Gasteiger partial charge in [-0.05, 0) is 26.0 Å². The number of hydrogen-bond acceptors (Lipinski definition) is 4. The van der Waals surface area contributed by atoms with E-state index in [-0.39, 0.29) is 11.6 Å². The Labute approximate surface area is 118 Å². The highest BCUT2D eigenvalue weighted by Crippen LogP contribution is 2.04. The van der Waals surface area contributed by atoms with E-state index in [4.69, 9.17) is 9.47 Å². The summed E-state index contributed by atoms with van der Waals surface area (Å²) in [7, 11) is 0. The Hall–Kier alpha value is -1.53. The van der Waals surface area contributed by atoms with Crippen molar-refractivity contribution >= 4 is 5.91 Å². The van der Waals surface area contributed by atoms with E-state index in [0.717, 1.165) is 0 Å². The lowest BCUT2D eigenvalue weighted by Crippen LogP contribution is -2.37. The lowest BCUT2D eigenvalue weighted by Gasteiger charge is -2.22. The average Bonchev–Trinajstić information content (AvgIpc) is 2.45. The van der Waals surface area contributed by atoms with Gasteiger partial charge in [0.25, 0.3) is 5.91 Å². The SMILES string of the molecule is CCOCCN(CCOCC)C(=O)c1cccc(F)n1. The number of hydrogen-bond donors (Lipinski definition) is 0. The summed E-state index contributed by atoms with van der Waals surface area (Å²) in [5.41, 5.74) is 0.0954. The Bertz CT molecular complexity index is 405. The number of amides is 1. The normalized spacial score (nSPS) is 10.6. The minimum absolute atomic E-state index is 0.0954. The van der Waals surface area contributed by atoms with E-state index in [1.165, 1.54) is 18.2 Å². The van der Waals surface area contributed by atoms with Crippen molar-refractivity contribution in [1.82, 2.24) is 9.88 Å². The van der Waals surface area contributed by atoms with Crippen LogP contribution < -0.4 is 0 Å². The van der Waals surface area contributed by atoms with Crippen molar-refractivity contribution in [2.24, 2.45) is 0 Å². The molecule has 1 amide bonds. The Balaban J connectivity index is 2.66. The summed E-state index contributed by atoms with van der Waals surface area (Å²) in [6.45, 7) is 6.68. The van der Waals surface area contributed by atoms with Gasteiger partial charge in [0.1, 0.15) is 5.69 Å². The molecule has 1 rings (SSSR count). The molecular formula is C14H21FN2O3. The van der Waals surface area contributed by atoms with Crippen LogP contribution in [0.1, 0.15) is 24.3 Å². The van der Waals surface area contributed by atoms with Crippen LogP contribution in [0.15, 0.2) is 18.2 Å². The molecule has 1 aromatic rings. The van der Waals surface area contributed by atoms with Gasteiger partial charge in [0.2, 0.25) is 5.95 Å². The molecule has 0 aromatic carbocycles. The van der Waals surface area contributed by atoms with E-state index in [9.17, 15) is 9.18 Å². The van der Waals surface area contributed by atoms with Gasteiger partial charge in [0.05, 0.1) is 13.2 Å². The topological polar surface area (TPSA) is 51.7 Å². The van der Waals surface area contributed by atoms with E-state index in [0.29, 0.717) is 39.5 Å². The fourth-order valence-corrected chi connectivity index (χ4v) is 1.64. The minimum Gasteiger partial charge on any atom is -0.380 e. The van der Waals surface area contributed by atoms with Crippen molar-refractivity contribution in [2.45, 2.75) is 13.8 Å². The third kappa shape index (κ3) is 5.63. The van der Waals surface area contributed by atoms with Gasteiger partial charge in [-0.3, -0.25) is 4.79 Å². The van der Waals surface area contributed by atoms with Crippen LogP contribution in [0.5, 0.6) is 0 Å². The van der Waals surface area contributed by atoms with Crippen LogP contribution in [0.4, 0.5) is 4.39 Å². The molecule has 6 heteroatoms. The molecule has 0 N–H and O–H groups in total. The molecule has 0 saturated heterocycles. The fraction of sp³-hybridized carbons (Fsp3) is 0.571. The first-order valence-corrected chi connectivity index (χ1v) is 6.76. The van der Waals surface area contributed by atoms with Gasteiger partial charge < -0.3 is 14.4 Å². The fourth-order valence-electron chi connectivity index (χ4n) is 1.64. The summed E-state index contributed by atoms with van der Waals surface area (Å²) in [6, 6.07) is 4.18. The molecule has 112 valence electrons.